The third-order valence-electron chi connectivity index (χ3n) is 8.11. The highest BCUT2D eigenvalue weighted by Crippen LogP contribution is 2.45. The Hall–Kier alpha value is -5.08. The van der Waals surface area contributed by atoms with Gasteiger partial charge in [-0.3, -0.25) is 9.97 Å². The van der Waals surface area contributed by atoms with Crippen LogP contribution in [0, 0.1) is 0 Å². The van der Waals surface area contributed by atoms with Crippen LogP contribution in [0.2, 0.25) is 0 Å². The molecule has 0 radical (unpaired) electrons. The molecule has 2 heteroatoms. The van der Waals surface area contributed by atoms with Crippen molar-refractivity contribution in [2.24, 2.45) is 0 Å². The lowest BCUT2D eigenvalue weighted by Crippen LogP contribution is -2.10. The topological polar surface area (TPSA) is 25.8 Å². The Labute approximate surface area is 247 Å². The lowest BCUT2D eigenvalue weighted by Gasteiger charge is -2.23. The molecule has 2 nitrogen and oxygen atoms in total. The van der Waals surface area contributed by atoms with Gasteiger partial charge in [0.25, 0.3) is 0 Å². The standard InChI is InChI=1S/C40H32N2/c1-40(2,3)31-20-21-34-35(26-31)39(30-15-11-13-28(25-30)37-19-7-9-23-42-37)33-17-5-4-16-32(33)38(34)29-14-10-12-27(24-29)36-18-6-8-22-41-36/h4-26H,1-3H3. The molecule has 5 aromatic carbocycles. The fourth-order valence-electron chi connectivity index (χ4n) is 6.00. The van der Waals surface area contributed by atoms with Crippen LogP contribution >= 0.6 is 0 Å². The molecule has 7 rings (SSSR count). The van der Waals surface area contributed by atoms with Gasteiger partial charge in [-0.15, -0.1) is 0 Å². The first kappa shape index (κ1) is 25.9. The van der Waals surface area contributed by atoms with Gasteiger partial charge in [0.2, 0.25) is 0 Å². The van der Waals surface area contributed by atoms with Crippen molar-refractivity contribution < 1.29 is 0 Å². The van der Waals surface area contributed by atoms with Crippen LogP contribution in [0.5, 0.6) is 0 Å². The molecule has 2 heterocycles. The average molecular weight is 541 g/mol. The summed E-state index contributed by atoms with van der Waals surface area (Å²) < 4.78 is 0. The molecule has 0 amide bonds. The highest BCUT2D eigenvalue weighted by atomic mass is 14.7. The van der Waals surface area contributed by atoms with Gasteiger partial charge in [-0.2, -0.15) is 0 Å². The van der Waals surface area contributed by atoms with E-state index in [0.29, 0.717) is 0 Å². The van der Waals surface area contributed by atoms with Crippen molar-refractivity contribution in [1.82, 2.24) is 9.97 Å². The van der Waals surface area contributed by atoms with Crippen molar-refractivity contribution in [1.29, 1.82) is 0 Å². The first-order valence-corrected chi connectivity index (χ1v) is 14.5. The van der Waals surface area contributed by atoms with Gasteiger partial charge in [0.15, 0.2) is 0 Å². The summed E-state index contributed by atoms with van der Waals surface area (Å²) in [5.74, 6) is 0. The second-order valence-electron chi connectivity index (χ2n) is 11.9. The first-order chi connectivity index (χ1) is 20.5. The lowest BCUT2D eigenvalue weighted by atomic mass is 9.81. The minimum Gasteiger partial charge on any atom is -0.256 e. The predicted molar refractivity (Wildman–Crippen MR) is 177 cm³/mol. The summed E-state index contributed by atoms with van der Waals surface area (Å²) in [6.45, 7) is 6.86. The molecule has 0 spiro atoms. The van der Waals surface area contributed by atoms with E-state index in [2.05, 4.69) is 134 Å². The Morgan fingerprint density at radius 1 is 0.405 bits per heavy atom. The molecule has 0 atom stereocenters. The van der Waals surface area contributed by atoms with Crippen molar-refractivity contribution in [3.05, 3.63) is 145 Å². The number of fused-ring (bicyclic) bond motifs is 2. The van der Waals surface area contributed by atoms with E-state index in [4.69, 9.17) is 0 Å². The highest BCUT2D eigenvalue weighted by molar-refractivity contribution is 6.21. The molecule has 0 aliphatic heterocycles. The molecule has 0 N–H and O–H groups in total. The Kier molecular flexibility index (Phi) is 6.40. The van der Waals surface area contributed by atoms with Crippen LogP contribution < -0.4 is 0 Å². The second-order valence-corrected chi connectivity index (χ2v) is 11.9. The SMILES string of the molecule is CC(C)(C)c1ccc2c(-c3cccc(-c4ccccn4)c3)c3ccccc3c(-c3cccc(-c4ccccn4)c3)c2c1. The average Bonchev–Trinajstić information content (AvgIpc) is 3.04. The molecule has 0 saturated carbocycles. The minimum absolute atomic E-state index is 0.0198. The van der Waals surface area contributed by atoms with Gasteiger partial charge in [0, 0.05) is 23.5 Å². The Balaban J connectivity index is 1.56. The van der Waals surface area contributed by atoms with Crippen LogP contribution in [0.3, 0.4) is 0 Å². The van der Waals surface area contributed by atoms with Gasteiger partial charge in [-0.25, -0.2) is 0 Å². The Morgan fingerprint density at radius 2 is 0.881 bits per heavy atom. The highest BCUT2D eigenvalue weighted by Gasteiger charge is 2.21. The number of hydrogen-bond donors (Lipinski definition) is 0. The summed E-state index contributed by atoms with van der Waals surface area (Å²) in [6, 6.07) is 45.7. The van der Waals surface area contributed by atoms with Crippen LogP contribution in [0.4, 0.5) is 0 Å². The molecular weight excluding hydrogens is 508 g/mol. The predicted octanol–water partition coefficient (Wildman–Crippen LogP) is 10.7. The molecule has 0 bridgehead atoms. The van der Waals surface area contributed by atoms with Crippen molar-refractivity contribution in [2.45, 2.75) is 26.2 Å². The van der Waals surface area contributed by atoms with Crippen LogP contribution in [0.25, 0.3) is 66.3 Å². The third-order valence-corrected chi connectivity index (χ3v) is 8.11. The van der Waals surface area contributed by atoms with Gasteiger partial charge < -0.3 is 0 Å². The van der Waals surface area contributed by atoms with Crippen molar-refractivity contribution in [2.75, 3.05) is 0 Å². The third kappa shape index (κ3) is 4.65. The normalized spacial score (nSPS) is 11.7. The van der Waals surface area contributed by atoms with E-state index < -0.39 is 0 Å². The molecule has 0 fully saturated rings. The summed E-state index contributed by atoms with van der Waals surface area (Å²) in [5, 5.41) is 4.99. The molecule has 202 valence electrons. The quantitative estimate of drug-likeness (QED) is 0.208. The largest absolute Gasteiger partial charge is 0.256 e. The van der Waals surface area contributed by atoms with Gasteiger partial charge in [0.1, 0.15) is 0 Å². The zero-order valence-electron chi connectivity index (χ0n) is 24.2. The number of aromatic nitrogens is 2. The number of nitrogens with zero attached hydrogens (tertiary/aromatic N) is 2. The van der Waals surface area contributed by atoms with E-state index in [-0.39, 0.29) is 5.41 Å². The van der Waals surface area contributed by atoms with Gasteiger partial charge in [-0.05, 0) is 97.2 Å². The molecule has 0 unspecified atom stereocenters. The maximum absolute atomic E-state index is 4.64. The Morgan fingerprint density at radius 3 is 1.38 bits per heavy atom. The van der Waals surface area contributed by atoms with E-state index >= 15 is 0 Å². The summed E-state index contributed by atoms with van der Waals surface area (Å²) >= 11 is 0. The number of hydrogen-bond acceptors (Lipinski definition) is 2. The second kappa shape index (κ2) is 10.4. The van der Waals surface area contributed by atoms with Crippen molar-refractivity contribution in [3.8, 4) is 44.8 Å². The van der Waals surface area contributed by atoms with Gasteiger partial charge in [-0.1, -0.05) is 106 Å². The van der Waals surface area contributed by atoms with Crippen molar-refractivity contribution >= 4 is 21.5 Å². The monoisotopic (exact) mass is 540 g/mol. The smallest absolute Gasteiger partial charge is 0.0702 e. The summed E-state index contributed by atoms with van der Waals surface area (Å²) in [4.78, 5) is 9.27. The summed E-state index contributed by atoms with van der Waals surface area (Å²) in [6.07, 6.45) is 3.71. The van der Waals surface area contributed by atoms with Gasteiger partial charge in [0.05, 0.1) is 11.4 Å². The van der Waals surface area contributed by atoms with E-state index in [9.17, 15) is 0 Å². The zero-order chi connectivity index (χ0) is 28.7. The molecule has 0 aliphatic carbocycles. The molecule has 0 saturated heterocycles. The van der Waals surface area contributed by atoms with E-state index in [1.807, 2.05) is 36.7 Å². The summed E-state index contributed by atoms with van der Waals surface area (Å²) in [5.41, 5.74) is 10.4. The lowest BCUT2D eigenvalue weighted by molar-refractivity contribution is 0.591. The minimum atomic E-state index is 0.0198. The first-order valence-electron chi connectivity index (χ1n) is 14.5. The number of pyridine rings is 2. The molecular formula is C40H32N2. The molecule has 42 heavy (non-hydrogen) atoms. The van der Waals surface area contributed by atoms with E-state index in [1.54, 1.807) is 0 Å². The van der Waals surface area contributed by atoms with Crippen LogP contribution in [0.15, 0.2) is 140 Å². The maximum atomic E-state index is 4.64. The van der Waals surface area contributed by atoms with Crippen LogP contribution in [-0.2, 0) is 5.41 Å². The molecule has 7 aromatic rings. The van der Waals surface area contributed by atoms with Gasteiger partial charge >= 0.3 is 0 Å². The fraction of sp³-hybridized carbons (Fsp3) is 0.100. The molecule has 2 aromatic heterocycles. The number of rotatable bonds is 4. The zero-order valence-corrected chi connectivity index (χ0v) is 24.2. The maximum Gasteiger partial charge on any atom is 0.0702 e. The fourth-order valence-corrected chi connectivity index (χ4v) is 6.00. The molecule has 0 aliphatic rings. The van der Waals surface area contributed by atoms with Crippen LogP contribution in [-0.4, -0.2) is 9.97 Å². The summed E-state index contributed by atoms with van der Waals surface area (Å²) in [7, 11) is 0. The van der Waals surface area contributed by atoms with Crippen molar-refractivity contribution in [3.63, 3.8) is 0 Å². The van der Waals surface area contributed by atoms with Crippen LogP contribution in [0.1, 0.15) is 26.3 Å². The van der Waals surface area contributed by atoms with E-state index in [0.717, 1.165) is 22.5 Å². The van der Waals surface area contributed by atoms with E-state index in [1.165, 1.54) is 49.4 Å². The Bertz CT molecular complexity index is 2050. The number of benzene rings is 5.